The molecule has 0 saturated heterocycles. The summed E-state index contributed by atoms with van der Waals surface area (Å²) in [7, 11) is 3.32. The number of methoxy groups -OCH3 is 1. The zero-order chi connectivity index (χ0) is 24.1. The van der Waals surface area contributed by atoms with E-state index in [1.165, 1.54) is 7.11 Å². The molecule has 4 aromatic rings. The number of hydrogen-bond acceptors (Lipinski definition) is 8. The van der Waals surface area contributed by atoms with Crippen LogP contribution in [0.15, 0.2) is 36.8 Å². The number of benzene rings is 1. The SMILES string of the molecule is COc1nn(C)cc1N(Cc1ccc2c3c(c(N)nc2c1)COC3)C(=O)c1cnc(C2CC2)nc1. The highest BCUT2D eigenvalue weighted by Gasteiger charge is 2.28. The molecule has 2 N–H and O–H groups in total. The Labute approximate surface area is 201 Å². The summed E-state index contributed by atoms with van der Waals surface area (Å²) in [6.45, 7) is 1.28. The van der Waals surface area contributed by atoms with Gasteiger partial charge in [0.25, 0.3) is 11.8 Å². The molecule has 1 aromatic carbocycles. The number of carbonyl (C=O) groups is 1. The van der Waals surface area contributed by atoms with E-state index in [1.54, 1.807) is 35.2 Å². The van der Waals surface area contributed by atoms with Crippen LogP contribution in [-0.4, -0.2) is 37.7 Å². The number of ether oxygens (including phenoxy) is 2. The van der Waals surface area contributed by atoms with Crippen molar-refractivity contribution in [2.45, 2.75) is 38.5 Å². The van der Waals surface area contributed by atoms with Crippen molar-refractivity contribution in [3.63, 3.8) is 0 Å². The monoisotopic (exact) mass is 471 g/mol. The topological polar surface area (TPSA) is 121 Å². The number of pyridine rings is 1. The fourth-order valence-corrected chi connectivity index (χ4v) is 4.51. The lowest BCUT2D eigenvalue weighted by atomic mass is 10.0. The van der Waals surface area contributed by atoms with E-state index in [4.69, 9.17) is 15.2 Å². The first-order valence-electron chi connectivity index (χ1n) is 11.5. The van der Waals surface area contributed by atoms with E-state index in [-0.39, 0.29) is 12.5 Å². The third-order valence-corrected chi connectivity index (χ3v) is 6.50. The number of amides is 1. The second-order valence-corrected chi connectivity index (χ2v) is 8.99. The number of anilines is 2. The number of nitrogens with zero attached hydrogens (tertiary/aromatic N) is 6. The van der Waals surface area contributed by atoms with E-state index in [9.17, 15) is 4.79 Å². The molecule has 10 heteroatoms. The fraction of sp³-hybridized carbons (Fsp3) is 0.320. The van der Waals surface area contributed by atoms with Gasteiger partial charge in [0.1, 0.15) is 17.3 Å². The average Bonchev–Trinajstić information content (AvgIpc) is 3.47. The molecule has 178 valence electrons. The van der Waals surface area contributed by atoms with E-state index in [0.29, 0.717) is 42.1 Å². The van der Waals surface area contributed by atoms with Crippen molar-refractivity contribution in [2.75, 3.05) is 17.7 Å². The van der Waals surface area contributed by atoms with Gasteiger partial charge in [-0.05, 0) is 30.0 Å². The summed E-state index contributed by atoms with van der Waals surface area (Å²) in [6.07, 6.45) is 7.16. The molecule has 0 unspecified atom stereocenters. The first-order chi connectivity index (χ1) is 17.0. The van der Waals surface area contributed by atoms with Crippen LogP contribution >= 0.6 is 0 Å². The Hall–Kier alpha value is -4.05. The molecule has 1 aliphatic heterocycles. The zero-order valence-corrected chi connectivity index (χ0v) is 19.6. The maximum atomic E-state index is 13.7. The van der Waals surface area contributed by atoms with Crippen LogP contribution in [0.2, 0.25) is 0 Å². The Balaban J connectivity index is 1.38. The zero-order valence-electron chi connectivity index (χ0n) is 19.6. The van der Waals surface area contributed by atoms with E-state index in [1.807, 2.05) is 18.2 Å². The minimum atomic E-state index is -0.242. The summed E-state index contributed by atoms with van der Waals surface area (Å²) >= 11 is 0. The first kappa shape index (κ1) is 21.5. The van der Waals surface area contributed by atoms with Crippen molar-refractivity contribution in [3.05, 3.63) is 64.9 Å². The Kier molecular flexibility index (Phi) is 5.10. The number of aryl methyl sites for hydroxylation is 1. The third kappa shape index (κ3) is 3.85. The minimum Gasteiger partial charge on any atom is -0.478 e. The quantitative estimate of drug-likeness (QED) is 0.455. The van der Waals surface area contributed by atoms with Gasteiger partial charge in [-0.2, -0.15) is 0 Å². The second kappa shape index (κ2) is 8.31. The Morgan fingerprint density at radius 1 is 1.23 bits per heavy atom. The molecule has 0 spiro atoms. The highest BCUT2D eigenvalue weighted by atomic mass is 16.5. The molecule has 0 atom stereocenters. The fourth-order valence-electron chi connectivity index (χ4n) is 4.51. The van der Waals surface area contributed by atoms with Crippen LogP contribution in [-0.2, 0) is 31.5 Å². The summed E-state index contributed by atoms with van der Waals surface area (Å²) in [5.41, 5.74) is 10.8. The summed E-state index contributed by atoms with van der Waals surface area (Å²) < 4.78 is 12.7. The number of nitrogen functional groups attached to an aromatic ring is 1. The molecule has 1 amide bonds. The molecule has 0 radical (unpaired) electrons. The van der Waals surface area contributed by atoms with Gasteiger partial charge in [-0.25, -0.2) is 15.0 Å². The van der Waals surface area contributed by atoms with Gasteiger partial charge in [-0.15, -0.1) is 5.10 Å². The van der Waals surface area contributed by atoms with Gasteiger partial charge in [-0.3, -0.25) is 14.4 Å². The van der Waals surface area contributed by atoms with Crippen molar-refractivity contribution in [3.8, 4) is 5.88 Å². The Morgan fingerprint density at radius 3 is 2.74 bits per heavy atom. The van der Waals surface area contributed by atoms with Crippen molar-refractivity contribution in [1.29, 1.82) is 0 Å². The van der Waals surface area contributed by atoms with Crippen molar-refractivity contribution >= 4 is 28.3 Å². The molecule has 35 heavy (non-hydrogen) atoms. The van der Waals surface area contributed by atoms with Gasteiger partial charge in [0.2, 0.25) is 0 Å². The van der Waals surface area contributed by atoms with Gasteiger partial charge >= 0.3 is 0 Å². The standard InChI is InChI=1S/C25H25N7O3/c1-31-11-21(24(30-31)34-2)32(25(33)16-8-27-23(28-9-16)15-4-5-15)10-14-3-6-17-18-12-35-13-19(18)22(26)29-20(17)7-14/h3,6-9,11,15H,4-5,10,12-13H2,1-2H3,(H2,26,29). The normalized spacial score (nSPS) is 14.8. The first-order valence-corrected chi connectivity index (χ1v) is 11.5. The maximum absolute atomic E-state index is 13.7. The summed E-state index contributed by atoms with van der Waals surface area (Å²) in [5, 5.41) is 5.35. The van der Waals surface area contributed by atoms with E-state index in [2.05, 4.69) is 20.1 Å². The lowest BCUT2D eigenvalue weighted by Crippen LogP contribution is -2.31. The molecule has 10 nitrogen and oxygen atoms in total. The molecule has 2 aliphatic rings. The Bertz CT molecular complexity index is 1440. The van der Waals surface area contributed by atoms with Crippen LogP contribution in [0.5, 0.6) is 5.88 Å². The number of rotatable bonds is 6. The highest BCUT2D eigenvalue weighted by Crippen LogP contribution is 2.38. The van der Waals surface area contributed by atoms with Crippen molar-refractivity contribution < 1.29 is 14.3 Å². The van der Waals surface area contributed by atoms with Crippen LogP contribution in [0, 0.1) is 0 Å². The summed E-state index contributed by atoms with van der Waals surface area (Å²) in [5.74, 6) is 1.81. The van der Waals surface area contributed by atoms with Crippen LogP contribution in [0.3, 0.4) is 0 Å². The van der Waals surface area contributed by atoms with Gasteiger partial charge in [0, 0.05) is 36.3 Å². The number of nitrogens with two attached hydrogens (primary N) is 1. The molecule has 6 rings (SSSR count). The lowest BCUT2D eigenvalue weighted by Gasteiger charge is -2.22. The van der Waals surface area contributed by atoms with Gasteiger partial charge in [0.05, 0.1) is 44.1 Å². The molecule has 4 heterocycles. The molecule has 0 bridgehead atoms. The molecule has 3 aromatic heterocycles. The van der Waals surface area contributed by atoms with Crippen LogP contribution in [0.1, 0.15) is 51.6 Å². The molecule has 1 saturated carbocycles. The smallest absolute Gasteiger partial charge is 0.261 e. The predicted octanol–water partition coefficient (Wildman–Crippen LogP) is 3.10. The molecular weight excluding hydrogens is 446 g/mol. The summed E-state index contributed by atoms with van der Waals surface area (Å²) in [4.78, 5) is 28.8. The number of hydrogen-bond donors (Lipinski definition) is 1. The van der Waals surface area contributed by atoms with Gasteiger partial charge in [0.15, 0.2) is 0 Å². The van der Waals surface area contributed by atoms with Crippen molar-refractivity contribution in [1.82, 2.24) is 24.7 Å². The lowest BCUT2D eigenvalue weighted by molar-refractivity contribution is 0.0983. The number of carbonyl (C=O) groups excluding carboxylic acids is 1. The summed E-state index contributed by atoms with van der Waals surface area (Å²) in [6, 6.07) is 5.97. The maximum Gasteiger partial charge on any atom is 0.261 e. The predicted molar refractivity (Wildman–Crippen MR) is 129 cm³/mol. The third-order valence-electron chi connectivity index (χ3n) is 6.50. The van der Waals surface area contributed by atoms with Crippen LogP contribution in [0.25, 0.3) is 10.9 Å². The average molecular weight is 472 g/mol. The van der Waals surface area contributed by atoms with Gasteiger partial charge in [-0.1, -0.05) is 12.1 Å². The molecular formula is C25H25N7O3. The second-order valence-electron chi connectivity index (χ2n) is 8.99. The van der Waals surface area contributed by atoms with Gasteiger partial charge < -0.3 is 15.2 Å². The largest absolute Gasteiger partial charge is 0.478 e. The molecule has 1 aliphatic carbocycles. The van der Waals surface area contributed by atoms with E-state index in [0.717, 1.165) is 46.3 Å². The molecule has 1 fully saturated rings. The highest BCUT2D eigenvalue weighted by molar-refractivity contribution is 6.06. The Morgan fingerprint density at radius 2 is 2.00 bits per heavy atom. The number of aromatic nitrogens is 5. The van der Waals surface area contributed by atoms with E-state index < -0.39 is 0 Å². The minimum absolute atomic E-state index is 0.242. The van der Waals surface area contributed by atoms with Crippen LogP contribution < -0.4 is 15.4 Å². The van der Waals surface area contributed by atoms with Crippen molar-refractivity contribution in [2.24, 2.45) is 7.05 Å². The van der Waals surface area contributed by atoms with Crippen LogP contribution in [0.4, 0.5) is 11.5 Å². The number of fused-ring (bicyclic) bond motifs is 3. The van der Waals surface area contributed by atoms with E-state index >= 15 is 0 Å².